The molecule has 0 aliphatic heterocycles. The van der Waals surface area contributed by atoms with E-state index in [2.05, 4.69) is 4.72 Å². The molecule has 0 unspecified atom stereocenters. The summed E-state index contributed by atoms with van der Waals surface area (Å²) in [6.45, 7) is 1.88. The molecular weight excluding hydrogens is 304 g/mol. The number of benzene rings is 2. The Labute approximate surface area is 129 Å². The smallest absolute Gasteiger partial charge is 0.261 e. The van der Waals surface area contributed by atoms with Gasteiger partial charge in [-0.1, -0.05) is 36.0 Å². The standard InChI is InChI=1S/C15H12N2O2S2/c1-11-2-5-14(6-3-11)21(18,19)17-15-7-4-12(10-20)8-13(15)9-16/h2-8,10,17H,1H3. The van der Waals surface area contributed by atoms with Crippen LogP contribution in [0.25, 0.3) is 0 Å². The number of rotatable bonds is 4. The Morgan fingerprint density at radius 2 is 1.86 bits per heavy atom. The Morgan fingerprint density at radius 3 is 2.43 bits per heavy atom. The molecule has 0 amide bonds. The Bertz CT molecular complexity index is 820. The highest BCUT2D eigenvalue weighted by atomic mass is 32.2. The topological polar surface area (TPSA) is 70.0 Å². The van der Waals surface area contributed by atoms with Gasteiger partial charge in [0.1, 0.15) is 6.07 Å². The lowest BCUT2D eigenvalue weighted by Gasteiger charge is -2.10. The van der Waals surface area contributed by atoms with Crippen LogP contribution in [0.5, 0.6) is 0 Å². The number of anilines is 1. The lowest BCUT2D eigenvalue weighted by molar-refractivity contribution is 0.601. The van der Waals surface area contributed by atoms with Crippen molar-refractivity contribution in [3.63, 3.8) is 0 Å². The first-order chi connectivity index (χ1) is 9.96. The Balaban J connectivity index is 2.39. The summed E-state index contributed by atoms with van der Waals surface area (Å²) in [5, 5.41) is 10.5. The van der Waals surface area contributed by atoms with E-state index < -0.39 is 10.0 Å². The minimum absolute atomic E-state index is 0.149. The van der Waals surface area contributed by atoms with Crippen LogP contribution in [0.15, 0.2) is 47.4 Å². The average molecular weight is 316 g/mol. The predicted octanol–water partition coefficient (Wildman–Crippen LogP) is 3.02. The van der Waals surface area contributed by atoms with Crippen LogP contribution in [0.2, 0.25) is 0 Å². The molecule has 0 radical (unpaired) electrons. The number of nitrogens with one attached hydrogen (secondary N) is 1. The van der Waals surface area contributed by atoms with Crippen LogP contribution in [0, 0.1) is 18.3 Å². The quantitative estimate of drug-likeness (QED) is 0.880. The van der Waals surface area contributed by atoms with Crippen LogP contribution in [0.3, 0.4) is 0 Å². The first-order valence-electron chi connectivity index (χ1n) is 6.05. The number of nitriles is 1. The molecule has 0 saturated heterocycles. The van der Waals surface area contributed by atoms with Crippen LogP contribution in [-0.2, 0) is 10.0 Å². The van der Waals surface area contributed by atoms with Crippen LogP contribution in [0.1, 0.15) is 16.7 Å². The lowest BCUT2D eigenvalue weighted by Crippen LogP contribution is -2.14. The Kier molecular flexibility index (Phi) is 4.36. The first kappa shape index (κ1) is 15.2. The van der Waals surface area contributed by atoms with Gasteiger partial charge in [0, 0.05) is 5.37 Å². The van der Waals surface area contributed by atoms with Gasteiger partial charge in [0.05, 0.1) is 16.1 Å². The number of hydrogen-bond donors (Lipinski definition) is 1. The van der Waals surface area contributed by atoms with Crippen LogP contribution in [-0.4, -0.2) is 13.8 Å². The lowest BCUT2D eigenvalue weighted by atomic mass is 10.1. The maximum Gasteiger partial charge on any atom is 0.261 e. The third-order valence-corrected chi connectivity index (χ3v) is 4.53. The molecule has 106 valence electrons. The highest BCUT2D eigenvalue weighted by Gasteiger charge is 2.16. The number of sulfonamides is 1. The predicted molar refractivity (Wildman–Crippen MR) is 85.9 cm³/mol. The zero-order valence-electron chi connectivity index (χ0n) is 11.2. The zero-order chi connectivity index (χ0) is 15.5. The van der Waals surface area contributed by atoms with Crippen molar-refractivity contribution in [2.75, 3.05) is 4.72 Å². The molecule has 2 aromatic rings. The molecule has 2 rings (SSSR count). The second-order valence-electron chi connectivity index (χ2n) is 4.45. The highest BCUT2D eigenvalue weighted by Crippen LogP contribution is 2.21. The van der Waals surface area contributed by atoms with Crippen molar-refractivity contribution in [1.29, 1.82) is 5.26 Å². The van der Waals surface area contributed by atoms with Gasteiger partial charge in [0.15, 0.2) is 0 Å². The summed E-state index contributed by atoms with van der Waals surface area (Å²) in [5.74, 6) is 0. The second kappa shape index (κ2) is 6.04. The molecule has 2 aromatic carbocycles. The number of aryl methyl sites for hydroxylation is 1. The van der Waals surface area contributed by atoms with E-state index in [-0.39, 0.29) is 16.1 Å². The number of thiocarbonyl (C=S) groups is 1. The fourth-order valence-corrected chi connectivity index (χ4v) is 2.96. The van der Waals surface area contributed by atoms with Crippen LogP contribution in [0.4, 0.5) is 5.69 Å². The average Bonchev–Trinajstić information content (AvgIpc) is 2.47. The van der Waals surface area contributed by atoms with Gasteiger partial charge in [-0.15, -0.1) is 0 Å². The van der Waals surface area contributed by atoms with E-state index in [0.717, 1.165) is 5.56 Å². The van der Waals surface area contributed by atoms with Gasteiger partial charge in [0.2, 0.25) is 0 Å². The third kappa shape index (κ3) is 3.45. The molecule has 0 saturated carbocycles. The molecule has 0 fully saturated rings. The molecule has 6 heteroatoms. The van der Waals surface area contributed by atoms with Crippen molar-refractivity contribution in [3.8, 4) is 6.07 Å². The summed E-state index contributed by atoms with van der Waals surface area (Å²) in [4.78, 5) is 0.149. The molecule has 0 aliphatic carbocycles. The number of nitrogens with zero attached hydrogens (tertiary/aromatic N) is 1. The molecule has 0 bridgehead atoms. The first-order valence-corrected chi connectivity index (χ1v) is 8.00. The summed E-state index contributed by atoms with van der Waals surface area (Å²) in [6, 6.07) is 13.2. The van der Waals surface area contributed by atoms with Crippen molar-refractivity contribution in [3.05, 3.63) is 59.2 Å². The third-order valence-electron chi connectivity index (χ3n) is 2.88. The SMILES string of the molecule is Cc1ccc(S(=O)(=O)Nc2ccc(C=S)cc2C#N)cc1. The molecule has 0 heterocycles. The maximum atomic E-state index is 12.3. The molecule has 4 nitrogen and oxygen atoms in total. The normalized spacial score (nSPS) is 10.7. The van der Waals surface area contributed by atoms with E-state index in [1.54, 1.807) is 24.3 Å². The van der Waals surface area contributed by atoms with Gasteiger partial charge in [-0.05, 0) is 36.8 Å². The largest absolute Gasteiger partial charge is 0.278 e. The monoisotopic (exact) mass is 316 g/mol. The molecular formula is C15H12N2O2S2. The molecule has 0 atom stereocenters. The minimum Gasteiger partial charge on any atom is -0.278 e. The van der Waals surface area contributed by atoms with Crippen molar-refractivity contribution < 1.29 is 8.42 Å². The highest BCUT2D eigenvalue weighted by molar-refractivity contribution is 7.92. The van der Waals surface area contributed by atoms with Gasteiger partial charge in [-0.3, -0.25) is 4.72 Å². The van der Waals surface area contributed by atoms with E-state index in [0.29, 0.717) is 5.56 Å². The van der Waals surface area contributed by atoms with E-state index in [1.807, 2.05) is 13.0 Å². The van der Waals surface area contributed by atoms with Crippen LogP contribution >= 0.6 is 12.2 Å². The molecule has 0 spiro atoms. The summed E-state index contributed by atoms with van der Waals surface area (Å²) >= 11 is 4.79. The van der Waals surface area contributed by atoms with E-state index >= 15 is 0 Å². The minimum atomic E-state index is -3.72. The van der Waals surface area contributed by atoms with Gasteiger partial charge in [-0.2, -0.15) is 5.26 Å². The second-order valence-corrected chi connectivity index (χ2v) is 6.37. The Morgan fingerprint density at radius 1 is 1.19 bits per heavy atom. The zero-order valence-corrected chi connectivity index (χ0v) is 12.8. The van der Waals surface area contributed by atoms with Gasteiger partial charge in [0.25, 0.3) is 10.0 Å². The summed E-state index contributed by atoms with van der Waals surface area (Å²) in [5.41, 5.74) is 2.11. The van der Waals surface area contributed by atoms with Crippen molar-refractivity contribution >= 4 is 33.3 Å². The maximum absolute atomic E-state index is 12.3. The van der Waals surface area contributed by atoms with Gasteiger partial charge >= 0.3 is 0 Å². The molecule has 21 heavy (non-hydrogen) atoms. The fourth-order valence-electron chi connectivity index (χ4n) is 1.74. The van der Waals surface area contributed by atoms with Crippen molar-refractivity contribution in [1.82, 2.24) is 0 Å². The molecule has 0 aromatic heterocycles. The molecule has 1 N–H and O–H groups in total. The molecule has 0 aliphatic rings. The van der Waals surface area contributed by atoms with E-state index in [4.69, 9.17) is 17.5 Å². The summed E-state index contributed by atoms with van der Waals surface area (Å²) in [7, 11) is -3.72. The fraction of sp³-hybridized carbons (Fsp3) is 0.0667. The Hall–Kier alpha value is -2.23. The van der Waals surface area contributed by atoms with Crippen molar-refractivity contribution in [2.24, 2.45) is 0 Å². The number of hydrogen-bond acceptors (Lipinski definition) is 4. The summed E-state index contributed by atoms with van der Waals surface area (Å²) in [6.07, 6.45) is 0. The summed E-state index contributed by atoms with van der Waals surface area (Å²) < 4.78 is 27.0. The van der Waals surface area contributed by atoms with E-state index in [1.165, 1.54) is 23.6 Å². The van der Waals surface area contributed by atoms with Crippen molar-refractivity contribution in [2.45, 2.75) is 11.8 Å². The van der Waals surface area contributed by atoms with Crippen LogP contribution < -0.4 is 4.72 Å². The van der Waals surface area contributed by atoms with Gasteiger partial charge in [-0.25, -0.2) is 8.42 Å². The van der Waals surface area contributed by atoms with E-state index in [9.17, 15) is 8.42 Å². The van der Waals surface area contributed by atoms with Gasteiger partial charge < -0.3 is 0 Å².